The minimum absolute atomic E-state index is 0.163. The van der Waals surface area contributed by atoms with Gasteiger partial charge in [0, 0.05) is 12.6 Å². The molecule has 1 saturated carbocycles. The van der Waals surface area contributed by atoms with Crippen LogP contribution in [0, 0.1) is 0 Å². The normalized spacial score (nSPS) is 18.5. The summed E-state index contributed by atoms with van der Waals surface area (Å²) in [7, 11) is -3.85. The van der Waals surface area contributed by atoms with Crippen molar-refractivity contribution in [1.82, 2.24) is 4.31 Å². The maximum Gasteiger partial charge on any atom is 0.402 e. The summed E-state index contributed by atoms with van der Waals surface area (Å²) in [6, 6.07) is -0.483. The van der Waals surface area contributed by atoms with E-state index in [2.05, 4.69) is 0 Å². The van der Waals surface area contributed by atoms with E-state index in [1.807, 2.05) is 0 Å². The highest BCUT2D eigenvalue weighted by Crippen LogP contribution is 2.32. The van der Waals surface area contributed by atoms with Gasteiger partial charge in [0.15, 0.2) is 0 Å². The van der Waals surface area contributed by atoms with Gasteiger partial charge in [-0.3, -0.25) is 0 Å². The van der Waals surface area contributed by atoms with Gasteiger partial charge >= 0.3 is 6.18 Å². The van der Waals surface area contributed by atoms with Gasteiger partial charge in [-0.1, -0.05) is 0 Å². The second kappa shape index (κ2) is 4.26. The zero-order valence-electron chi connectivity index (χ0n) is 8.00. The van der Waals surface area contributed by atoms with E-state index in [-0.39, 0.29) is 6.54 Å². The van der Waals surface area contributed by atoms with Gasteiger partial charge in [0.2, 0.25) is 10.0 Å². The number of sulfonamides is 1. The second-order valence-electron chi connectivity index (χ2n) is 3.50. The number of rotatable bonds is 5. The highest BCUT2D eigenvalue weighted by atomic mass is 32.2. The topological polar surface area (TPSA) is 63.4 Å². The number of alkyl halides is 3. The number of hydrogen-bond acceptors (Lipinski definition) is 3. The van der Waals surface area contributed by atoms with Gasteiger partial charge in [-0.25, -0.2) is 8.42 Å². The van der Waals surface area contributed by atoms with Crippen molar-refractivity contribution in [3.8, 4) is 0 Å². The molecule has 1 rings (SSSR count). The summed E-state index contributed by atoms with van der Waals surface area (Å²) in [5.74, 6) is -0.431. The molecule has 1 aliphatic rings. The maximum absolute atomic E-state index is 12.1. The average molecular weight is 246 g/mol. The van der Waals surface area contributed by atoms with Crippen molar-refractivity contribution < 1.29 is 21.6 Å². The summed E-state index contributed by atoms with van der Waals surface area (Å²) >= 11 is 0. The Morgan fingerprint density at radius 2 is 1.87 bits per heavy atom. The summed E-state index contributed by atoms with van der Waals surface area (Å²) in [4.78, 5) is 0. The van der Waals surface area contributed by atoms with E-state index < -0.39 is 34.5 Å². The van der Waals surface area contributed by atoms with E-state index in [0.717, 1.165) is 0 Å². The molecule has 2 N–H and O–H groups in total. The fourth-order valence-electron chi connectivity index (χ4n) is 1.26. The zero-order chi connectivity index (χ0) is 11.7. The van der Waals surface area contributed by atoms with Crippen molar-refractivity contribution in [2.24, 2.45) is 5.73 Å². The number of nitrogens with two attached hydrogens (primary N) is 1. The zero-order valence-corrected chi connectivity index (χ0v) is 8.81. The van der Waals surface area contributed by atoms with Gasteiger partial charge in [0.1, 0.15) is 6.54 Å². The SMILES string of the molecule is NCCS(=O)(=O)N(CC(F)(F)F)C1CC1. The van der Waals surface area contributed by atoms with E-state index in [1.54, 1.807) is 0 Å². The lowest BCUT2D eigenvalue weighted by Gasteiger charge is -2.22. The molecular formula is C7H13F3N2O2S. The number of hydrogen-bond donors (Lipinski definition) is 1. The summed E-state index contributed by atoms with van der Waals surface area (Å²) in [6.45, 7) is -1.57. The first-order valence-corrected chi connectivity index (χ1v) is 6.13. The van der Waals surface area contributed by atoms with E-state index >= 15 is 0 Å². The van der Waals surface area contributed by atoms with E-state index in [0.29, 0.717) is 17.1 Å². The molecule has 1 aliphatic carbocycles. The molecule has 90 valence electrons. The van der Waals surface area contributed by atoms with Crippen molar-refractivity contribution in [1.29, 1.82) is 0 Å². The summed E-state index contributed by atoms with van der Waals surface area (Å²) in [6.07, 6.45) is -3.50. The number of halogens is 3. The van der Waals surface area contributed by atoms with Gasteiger partial charge in [0.05, 0.1) is 5.75 Å². The lowest BCUT2D eigenvalue weighted by Crippen LogP contribution is -2.42. The lowest BCUT2D eigenvalue weighted by atomic mass is 10.6. The Labute approximate surface area is 86.3 Å². The molecular weight excluding hydrogens is 233 g/mol. The molecule has 4 nitrogen and oxygen atoms in total. The van der Waals surface area contributed by atoms with Crippen LogP contribution in [0.4, 0.5) is 13.2 Å². The molecule has 0 saturated heterocycles. The first-order valence-electron chi connectivity index (χ1n) is 4.52. The van der Waals surface area contributed by atoms with Crippen LogP contribution in [0.25, 0.3) is 0 Å². The minimum atomic E-state index is -4.50. The fraction of sp³-hybridized carbons (Fsp3) is 1.00. The van der Waals surface area contributed by atoms with Crippen LogP contribution in [-0.4, -0.2) is 43.8 Å². The molecule has 1 fully saturated rings. The first kappa shape index (κ1) is 12.7. The third-order valence-corrected chi connectivity index (χ3v) is 3.92. The van der Waals surface area contributed by atoms with E-state index in [9.17, 15) is 21.6 Å². The Kier molecular flexibility index (Phi) is 3.62. The standard InChI is InChI=1S/C7H13F3N2O2S/c8-7(9,10)5-12(6-1-2-6)15(13,14)4-3-11/h6H,1-5,11H2. The van der Waals surface area contributed by atoms with Crippen LogP contribution in [0.5, 0.6) is 0 Å². The molecule has 8 heteroatoms. The van der Waals surface area contributed by atoms with Gasteiger partial charge in [-0.05, 0) is 12.8 Å². The minimum Gasteiger partial charge on any atom is -0.329 e. The predicted molar refractivity (Wildman–Crippen MR) is 48.6 cm³/mol. The molecule has 0 radical (unpaired) electrons. The van der Waals surface area contributed by atoms with Crippen molar-refractivity contribution in [2.75, 3.05) is 18.8 Å². The van der Waals surface area contributed by atoms with Crippen molar-refractivity contribution >= 4 is 10.0 Å². The second-order valence-corrected chi connectivity index (χ2v) is 5.54. The fourth-order valence-corrected chi connectivity index (χ4v) is 2.80. The van der Waals surface area contributed by atoms with Crippen LogP contribution in [0.2, 0.25) is 0 Å². The molecule has 0 aromatic rings. The molecule has 0 heterocycles. The molecule has 0 atom stereocenters. The largest absolute Gasteiger partial charge is 0.402 e. The molecule has 0 spiro atoms. The monoisotopic (exact) mass is 246 g/mol. The Morgan fingerprint density at radius 3 is 2.20 bits per heavy atom. The van der Waals surface area contributed by atoms with Crippen LogP contribution in [0.1, 0.15) is 12.8 Å². The van der Waals surface area contributed by atoms with Crippen molar-refractivity contribution in [2.45, 2.75) is 25.1 Å². The highest BCUT2D eigenvalue weighted by molar-refractivity contribution is 7.89. The Balaban J connectivity index is 2.74. The van der Waals surface area contributed by atoms with Crippen LogP contribution >= 0.6 is 0 Å². The molecule has 0 bridgehead atoms. The quantitative estimate of drug-likeness (QED) is 0.759. The summed E-state index contributed by atoms with van der Waals surface area (Å²) in [5.41, 5.74) is 5.05. The predicted octanol–water partition coefficient (Wildman–Crippen LogP) is 0.302. The van der Waals surface area contributed by atoms with Gasteiger partial charge in [0.25, 0.3) is 0 Å². The molecule has 0 aromatic heterocycles. The van der Waals surface area contributed by atoms with Crippen LogP contribution in [0.3, 0.4) is 0 Å². The van der Waals surface area contributed by atoms with E-state index in [4.69, 9.17) is 5.73 Å². The third-order valence-electron chi connectivity index (χ3n) is 2.02. The van der Waals surface area contributed by atoms with Gasteiger partial charge in [-0.2, -0.15) is 17.5 Å². The maximum atomic E-state index is 12.1. The Bertz CT molecular complexity index is 311. The molecule has 0 amide bonds. The Morgan fingerprint density at radius 1 is 1.33 bits per heavy atom. The molecule has 0 aromatic carbocycles. The smallest absolute Gasteiger partial charge is 0.329 e. The van der Waals surface area contributed by atoms with Gasteiger partial charge < -0.3 is 5.73 Å². The van der Waals surface area contributed by atoms with Gasteiger partial charge in [-0.15, -0.1) is 0 Å². The highest BCUT2D eigenvalue weighted by Gasteiger charge is 2.43. The van der Waals surface area contributed by atoms with Crippen molar-refractivity contribution in [3.63, 3.8) is 0 Å². The summed E-state index contributed by atoms with van der Waals surface area (Å²) < 4.78 is 59.8. The Hall–Kier alpha value is -0.340. The average Bonchev–Trinajstić information content (AvgIpc) is 2.80. The van der Waals surface area contributed by atoms with Crippen LogP contribution < -0.4 is 5.73 Å². The van der Waals surface area contributed by atoms with E-state index in [1.165, 1.54) is 0 Å². The van der Waals surface area contributed by atoms with Crippen molar-refractivity contribution in [3.05, 3.63) is 0 Å². The molecule has 0 aliphatic heterocycles. The third kappa shape index (κ3) is 3.96. The number of nitrogens with zero attached hydrogens (tertiary/aromatic N) is 1. The van der Waals surface area contributed by atoms with Crippen LogP contribution in [0.15, 0.2) is 0 Å². The molecule has 0 unspecified atom stereocenters. The summed E-state index contributed by atoms with van der Waals surface area (Å²) in [5, 5.41) is 0. The lowest BCUT2D eigenvalue weighted by molar-refractivity contribution is -0.136. The molecule has 15 heavy (non-hydrogen) atoms. The first-order chi connectivity index (χ1) is 6.76. The van der Waals surface area contributed by atoms with Crippen LogP contribution in [-0.2, 0) is 10.0 Å².